The average molecular weight is 531 g/mol. The number of aromatic hydroxyl groups is 1. The van der Waals surface area contributed by atoms with Crippen molar-refractivity contribution in [1.82, 2.24) is 29.8 Å². The highest BCUT2D eigenvalue weighted by Crippen LogP contribution is 2.35. The number of carbonyl (C=O) groups is 1. The van der Waals surface area contributed by atoms with Crippen LogP contribution in [0.25, 0.3) is 39.2 Å². The minimum absolute atomic E-state index is 0.0791. The summed E-state index contributed by atoms with van der Waals surface area (Å²) in [5.74, 6) is 1.71. The molecule has 0 radical (unpaired) electrons. The number of hydrogen-bond acceptors (Lipinski definition) is 6. The first kappa shape index (κ1) is 24.9. The van der Waals surface area contributed by atoms with E-state index in [0.29, 0.717) is 34.9 Å². The zero-order valence-electron chi connectivity index (χ0n) is 21.9. The lowest BCUT2D eigenvalue weighted by molar-refractivity contribution is 0.0951. The number of H-pyrrole nitrogens is 1. The van der Waals surface area contributed by atoms with Crippen LogP contribution in [0.5, 0.6) is 11.6 Å². The van der Waals surface area contributed by atoms with Crippen LogP contribution >= 0.6 is 0 Å². The largest absolute Gasteiger partial charge is 0.507 e. The van der Waals surface area contributed by atoms with E-state index in [2.05, 4.69) is 25.3 Å². The quantitative estimate of drug-likeness (QED) is 0.253. The molecule has 0 spiro atoms. The number of rotatable bonds is 7. The zero-order valence-corrected chi connectivity index (χ0v) is 21.9. The predicted molar refractivity (Wildman–Crippen MR) is 152 cm³/mol. The smallest absolute Gasteiger partial charge is 0.251 e. The number of aryl methyl sites for hydroxylation is 1. The van der Waals surface area contributed by atoms with Gasteiger partial charge in [0.05, 0.1) is 29.4 Å². The van der Waals surface area contributed by atoms with Crippen molar-refractivity contribution in [3.63, 3.8) is 0 Å². The summed E-state index contributed by atoms with van der Waals surface area (Å²) in [6, 6.07) is 22.2. The Morgan fingerprint density at radius 1 is 1.00 bits per heavy atom. The number of imidazole rings is 2. The molecule has 0 atom stereocenters. The molecule has 3 aromatic carbocycles. The third-order valence-corrected chi connectivity index (χ3v) is 6.79. The summed E-state index contributed by atoms with van der Waals surface area (Å²) in [5.41, 5.74) is 5.93. The molecular formula is C31H26N6O3. The molecule has 6 aromatic rings. The molecule has 3 heterocycles. The fraction of sp³-hybridized carbons (Fsp3) is 0.0968. The van der Waals surface area contributed by atoms with Crippen LogP contribution in [-0.2, 0) is 6.54 Å². The maximum atomic E-state index is 13.1. The number of amides is 1. The van der Waals surface area contributed by atoms with Gasteiger partial charge in [-0.15, -0.1) is 0 Å². The van der Waals surface area contributed by atoms with Gasteiger partial charge in [0, 0.05) is 36.3 Å². The van der Waals surface area contributed by atoms with Gasteiger partial charge in [-0.1, -0.05) is 24.3 Å². The molecule has 9 nitrogen and oxygen atoms in total. The van der Waals surface area contributed by atoms with Crippen LogP contribution in [0.4, 0.5) is 0 Å². The summed E-state index contributed by atoms with van der Waals surface area (Å²) in [7, 11) is 1.57. The van der Waals surface area contributed by atoms with Crippen molar-refractivity contribution in [2.45, 2.75) is 13.5 Å². The van der Waals surface area contributed by atoms with Crippen molar-refractivity contribution < 1.29 is 14.6 Å². The molecule has 0 bridgehead atoms. The number of nitrogens with one attached hydrogen (secondary N) is 2. The molecule has 0 aliphatic rings. The second kappa shape index (κ2) is 10.4. The highest BCUT2D eigenvalue weighted by Gasteiger charge is 2.16. The van der Waals surface area contributed by atoms with Crippen molar-refractivity contribution in [3.05, 3.63) is 108 Å². The molecule has 0 saturated heterocycles. The highest BCUT2D eigenvalue weighted by atomic mass is 16.5. The lowest BCUT2D eigenvalue weighted by Gasteiger charge is -2.12. The van der Waals surface area contributed by atoms with Gasteiger partial charge < -0.3 is 24.7 Å². The molecule has 1 amide bonds. The third-order valence-electron chi connectivity index (χ3n) is 6.79. The van der Waals surface area contributed by atoms with Gasteiger partial charge in [-0.05, 0) is 66.6 Å². The van der Waals surface area contributed by atoms with Crippen molar-refractivity contribution in [3.8, 4) is 39.8 Å². The maximum Gasteiger partial charge on any atom is 0.251 e. The number of methoxy groups -OCH3 is 1. The van der Waals surface area contributed by atoms with Crippen molar-refractivity contribution in [1.29, 1.82) is 0 Å². The Hall–Kier alpha value is -5.44. The summed E-state index contributed by atoms with van der Waals surface area (Å²) in [6.45, 7) is 2.30. The van der Waals surface area contributed by atoms with Crippen molar-refractivity contribution in [2.75, 3.05) is 7.11 Å². The summed E-state index contributed by atoms with van der Waals surface area (Å²) < 4.78 is 7.39. The number of benzene rings is 3. The number of ether oxygens (including phenoxy) is 1. The van der Waals surface area contributed by atoms with E-state index in [1.807, 2.05) is 66.2 Å². The highest BCUT2D eigenvalue weighted by molar-refractivity contribution is 5.97. The lowest BCUT2D eigenvalue weighted by Crippen LogP contribution is -2.23. The molecule has 0 unspecified atom stereocenters. The maximum absolute atomic E-state index is 13.1. The molecular weight excluding hydrogens is 504 g/mol. The molecule has 6 rings (SSSR count). The number of fused-ring (bicyclic) bond motifs is 1. The molecule has 0 aliphatic carbocycles. The Morgan fingerprint density at radius 3 is 2.70 bits per heavy atom. The van der Waals surface area contributed by atoms with Gasteiger partial charge in [0.1, 0.15) is 17.4 Å². The topological polar surface area (TPSA) is 118 Å². The minimum atomic E-state index is -0.211. The van der Waals surface area contributed by atoms with E-state index in [4.69, 9.17) is 4.74 Å². The van der Waals surface area contributed by atoms with E-state index < -0.39 is 0 Å². The Bertz CT molecular complexity index is 1860. The van der Waals surface area contributed by atoms with Crippen LogP contribution in [0, 0.1) is 6.92 Å². The number of para-hydroxylation sites is 1. The molecule has 3 N–H and O–H groups in total. The fourth-order valence-corrected chi connectivity index (χ4v) is 4.75. The Morgan fingerprint density at radius 2 is 1.88 bits per heavy atom. The number of pyridine rings is 1. The molecule has 9 heteroatoms. The average Bonchev–Trinajstić information content (AvgIpc) is 3.61. The number of phenolic OH excluding ortho intramolecular Hbond substituents is 1. The van der Waals surface area contributed by atoms with Gasteiger partial charge in [0.25, 0.3) is 5.91 Å². The fourth-order valence-electron chi connectivity index (χ4n) is 4.75. The Kier molecular flexibility index (Phi) is 6.45. The van der Waals surface area contributed by atoms with Gasteiger partial charge >= 0.3 is 0 Å². The summed E-state index contributed by atoms with van der Waals surface area (Å²) in [6.07, 6.45) is 5.32. The summed E-state index contributed by atoms with van der Waals surface area (Å²) in [4.78, 5) is 29.6. The van der Waals surface area contributed by atoms with E-state index in [1.165, 1.54) is 0 Å². The number of aromatic nitrogens is 5. The van der Waals surface area contributed by atoms with Gasteiger partial charge in [0.15, 0.2) is 0 Å². The van der Waals surface area contributed by atoms with Crippen molar-refractivity contribution >= 4 is 16.9 Å². The molecule has 0 saturated carbocycles. The first-order valence-electron chi connectivity index (χ1n) is 12.7. The Balaban J connectivity index is 1.26. The first-order chi connectivity index (χ1) is 19.5. The normalized spacial score (nSPS) is 11.1. The number of aromatic amines is 1. The van der Waals surface area contributed by atoms with Crippen molar-refractivity contribution in [2.24, 2.45) is 0 Å². The number of carbonyl (C=O) groups excluding carboxylic acids is 1. The van der Waals surface area contributed by atoms with Gasteiger partial charge in [0.2, 0.25) is 5.88 Å². The molecule has 40 heavy (non-hydrogen) atoms. The first-order valence-corrected chi connectivity index (χ1v) is 12.7. The predicted octanol–water partition coefficient (Wildman–Crippen LogP) is 5.43. The number of hydrogen-bond donors (Lipinski definition) is 3. The number of phenols is 1. The molecule has 198 valence electrons. The molecule has 3 aromatic heterocycles. The van der Waals surface area contributed by atoms with E-state index in [0.717, 1.165) is 33.7 Å². The third kappa shape index (κ3) is 4.64. The van der Waals surface area contributed by atoms with Crippen LogP contribution in [0.2, 0.25) is 0 Å². The van der Waals surface area contributed by atoms with Gasteiger partial charge in [-0.25, -0.2) is 15.0 Å². The van der Waals surface area contributed by atoms with Crippen LogP contribution in [0.15, 0.2) is 91.4 Å². The Labute approximate surface area is 230 Å². The van der Waals surface area contributed by atoms with E-state index >= 15 is 0 Å². The zero-order chi connectivity index (χ0) is 27.6. The number of nitrogens with zero attached hydrogens (tertiary/aromatic N) is 4. The van der Waals surface area contributed by atoms with E-state index in [9.17, 15) is 9.90 Å². The second-order valence-electron chi connectivity index (χ2n) is 9.27. The molecule has 0 fully saturated rings. The van der Waals surface area contributed by atoms with Crippen LogP contribution < -0.4 is 10.1 Å². The van der Waals surface area contributed by atoms with E-state index in [1.54, 1.807) is 43.8 Å². The van der Waals surface area contributed by atoms with Gasteiger partial charge in [-0.2, -0.15) is 0 Å². The van der Waals surface area contributed by atoms with Crippen LogP contribution in [-0.4, -0.2) is 42.6 Å². The standard InChI is InChI=1S/C31H26N6O3/c1-19-32-14-15-37(19)27-8-4-3-6-22(27)18-34-30(39)21-9-11-25-26(17-21)36-29(35-25)24-16-20(10-12-28(24)38)23-7-5-13-33-31(23)40-2/h3-17,38H,18H2,1-2H3,(H,34,39)(H,35,36). The monoisotopic (exact) mass is 530 g/mol. The summed E-state index contributed by atoms with van der Waals surface area (Å²) >= 11 is 0. The van der Waals surface area contributed by atoms with Crippen LogP contribution in [0.3, 0.4) is 0 Å². The SMILES string of the molecule is COc1ncccc1-c1ccc(O)c(-c2nc3cc(C(=O)NCc4ccccc4-n4ccnc4C)ccc3[nH]2)c1. The van der Waals surface area contributed by atoms with Gasteiger partial charge in [-0.3, -0.25) is 4.79 Å². The summed E-state index contributed by atoms with van der Waals surface area (Å²) in [5, 5.41) is 13.7. The van der Waals surface area contributed by atoms with E-state index in [-0.39, 0.29) is 11.7 Å². The lowest BCUT2D eigenvalue weighted by atomic mass is 10.0. The minimum Gasteiger partial charge on any atom is -0.507 e. The molecule has 0 aliphatic heterocycles. The second-order valence-corrected chi connectivity index (χ2v) is 9.27. The van der Waals surface area contributed by atoms with Crippen LogP contribution in [0.1, 0.15) is 21.7 Å².